The predicted octanol–water partition coefficient (Wildman–Crippen LogP) is 2.75. The van der Waals surface area contributed by atoms with Crippen LogP contribution in [0, 0.1) is 12.7 Å². The largest absolute Gasteiger partial charge is 0.329 e. The average Bonchev–Trinajstić information content (AvgIpc) is 3.06. The fraction of sp³-hybridized carbons (Fsp3) is 0.278. The molecule has 2 aromatic heterocycles. The van der Waals surface area contributed by atoms with Crippen LogP contribution in [0.15, 0.2) is 30.6 Å². The molecule has 0 bridgehead atoms. The molecule has 1 amide bonds. The van der Waals surface area contributed by atoms with Crippen molar-refractivity contribution in [2.75, 3.05) is 0 Å². The number of aryl methyl sites for hydroxylation is 1. The van der Waals surface area contributed by atoms with E-state index in [-0.39, 0.29) is 17.9 Å². The van der Waals surface area contributed by atoms with Crippen molar-refractivity contribution >= 4 is 17.5 Å². The third kappa shape index (κ3) is 3.06. The number of carbonyl (C=O) groups is 1. The Labute approximate surface area is 159 Å². The Balaban J connectivity index is 1.65. The van der Waals surface area contributed by atoms with E-state index >= 15 is 0 Å². The molecule has 0 saturated heterocycles. The Hall–Kier alpha value is -2.87. The van der Waals surface area contributed by atoms with Crippen LogP contribution in [-0.2, 0) is 13.0 Å². The molecule has 1 atom stereocenters. The quantitative estimate of drug-likeness (QED) is 0.676. The molecule has 1 aliphatic rings. The number of aromatic nitrogens is 5. The van der Waals surface area contributed by atoms with E-state index in [2.05, 4.69) is 20.3 Å². The van der Waals surface area contributed by atoms with Gasteiger partial charge in [0.2, 0.25) is 0 Å². The summed E-state index contributed by atoms with van der Waals surface area (Å²) >= 11 is 6.33. The Morgan fingerprint density at radius 3 is 2.78 bits per heavy atom. The molecule has 1 aromatic carbocycles. The second-order valence-electron chi connectivity index (χ2n) is 6.52. The molecule has 0 saturated carbocycles. The lowest BCUT2D eigenvalue weighted by molar-refractivity contribution is 0.0653. The van der Waals surface area contributed by atoms with E-state index in [4.69, 9.17) is 11.6 Å². The van der Waals surface area contributed by atoms with Crippen LogP contribution >= 0.6 is 11.6 Å². The van der Waals surface area contributed by atoms with Gasteiger partial charge in [-0.1, -0.05) is 28.9 Å². The van der Waals surface area contributed by atoms with E-state index in [9.17, 15) is 9.18 Å². The van der Waals surface area contributed by atoms with E-state index in [1.54, 1.807) is 11.0 Å². The molecule has 0 fully saturated rings. The van der Waals surface area contributed by atoms with Gasteiger partial charge < -0.3 is 4.90 Å². The summed E-state index contributed by atoms with van der Waals surface area (Å²) in [5, 5.41) is 8.72. The summed E-state index contributed by atoms with van der Waals surface area (Å²) in [4.78, 5) is 22.7. The number of fused-ring (bicyclic) bond motifs is 1. The SMILES string of the molecule is Cc1cccc(C(=O)N2Cc3nnn(-c4ncc(F)cn4)c3C[C@@H]2C)c1Cl. The standard InChI is InChI=1S/C18H16ClFN6O/c1-10-4-3-5-13(16(10)19)17(27)25-9-14-15(6-11(25)2)26(24-23-14)18-21-7-12(20)8-22-18/h3-5,7-8,11H,6,9H2,1-2H3/t11-/m0/s1. The number of nitrogens with zero attached hydrogens (tertiary/aromatic N) is 6. The first-order valence-electron chi connectivity index (χ1n) is 8.43. The fourth-order valence-electron chi connectivity index (χ4n) is 3.18. The van der Waals surface area contributed by atoms with Crippen molar-refractivity contribution in [3.63, 3.8) is 0 Å². The molecule has 7 nitrogen and oxygen atoms in total. The van der Waals surface area contributed by atoms with Crippen molar-refractivity contribution in [2.45, 2.75) is 32.9 Å². The monoisotopic (exact) mass is 386 g/mol. The molecule has 27 heavy (non-hydrogen) atoms. The minimum atomic E-state index is -0.520. The zero-order valence-electron chi connectivity index (χ0n) is 14.7. The smallest absolute Gasteiger partial charge is 0.255 e. The maximum Gasteiger partial charge on any atom is 0.255 e. The molecule has 4 rings (SSSR count). The third-order valence-electron chi connectivity index (χ3n) is 4.66. The van der Waals surface area contributed by atoms with Gasteiger partial charge >= 0.3 is 0 Å². The van der Waals surface area contributed by atoms with Gasteiger partial charge in [0.05, 0.1) is 35.2 Å². The van der Waals surface area contributed by atoms with Gasteiger partial charge in [-0.25, -0.2) is 14.4 Å². The number of carbonyl (C=O) groups excluding carboxylic acids is 1. The number of halogens is 2. The summed E-state index contributed by atoms with van der Waals surface area (Å²) in [5.41, 5.74) is 2.81. The van der Waals surface area contributed by atoms with E-state index in [0.29, 0.717) is 29.2 Å². The Bertz CT molecular complexity index is 1020. The average molecular weight is 387 g/mol. The molecule has 138 valence electrons. The zero-order valence-corrected chi connectivity index (χ0v) is 15.5. The summed E-state index contributed by atoms with van der Waals surface area (Å²) in [6.45, 7) is 4.12. The van der Waals surface area contributed by atoms with Crippen LogP contribution in [0.2, 0.25) is 5.02 Å². The van der Waals surface area contributed by atoms with Gasteiger partial charge in [0.25, 0.3) is 11.9 Å². The maximum absolute atomic E-state index is 13.1. The lowest BCUT2D eigenvalue weighted by atomic mass is 10.0. The lowest BCUT2D eigenvalue weighted by Crippen LogP contribution is -2.43. The number of rotatable bonds is 2. The van der Waals surface area contributed by atoms with Crippen LogP contribution in [0.4, 0.5) is 4.39 Å². The lowest BCUT2D eigenvalue weighted by Gasteiger charge is -2.33. The molecule has 0 unspecified atom stereocenters. The molecular weight excluding hydrogens is 371 g/mol. The summed E-state index contributed by atoms with van der Waals surface area (Å²) < 4.78 is 14.6. The van der Waals surface area contributed by atoms with Crippen LogP contribution in [0.1, 0.15) is 34.2 Å². The van der Waals surface area contributed by atoms with Crippen molar-refractivity contribution in [1.82, 2.24) is 29.9 Å². The van der Waals surface area contributed by atoms with Crippen molar-refractivity contribution in [1.29, 1.82) is 0 Å². The van der Waals surface area contributed by atoms with Gasteiger partial charge in [0, 0.05) is 12.5 Å². The minimum absolute atomic E-state index is 0.0979. The molecular formula is C18H16ClFN6O. The molecule has 3 aromatic rings. The van der Waals surface area contributed by atoms with Crippen molar-refractivity contribution in [3.8, 4) is 5.95 Å². The summed E-state index contributed by atoms with van der Waals surface area (Å²) in [6.07, 6.45) is 2.69. The number of benzene rings is 1. The minimum Gasteiger partial charge on any atom is -0.329 e. The molecule has 1 aliphatic heterocycles. The Kier molecular flexibility index (Phi) is 4.35. The fourth-order valence-corrected chi connectivity index (χ4v) is 3.39. The second-order valence-corrected chi connectivity index (χ2v) is 6.90. The van der Waals surface area contributed by atoms with Crippen LogP contribution < -0.4 is 0 Å². The van der Waals surface area contributed by atoms with Gasteiger partial charge in [-0.15, -0.1) is 5.10 Å². The number of hydrogen-bond donors (Lipinski definition) is 0. The second kappa shape index (κ2) is 6.70. The normalized spacial score (nSPS) is 16.3. The highest BCUT2D eigenvalue weighted by molar-refractivity contribution is 6.34. The molecule has 0 spiro atoms. The Morgan fingerprint density at radius 2 is 2.04 bits per heavy atom. The van der Waals surface area contributed by atoms with Gasteiger partial charge in [-0.05, 0) is 25.5 Å². The summed E-state index contributed by atoms with van der Waals surface area (Å²) in [5.74, 6) is -0.416. The third-order valence-corrected chi connectivity index (χ3v) is 5.17. The zero-order chi connectivity index (χ0) is 19.1. The summed E-state index contributed by atoms with van der Waals surface area (Å²) in [6, 6.07) is 5.31. The van der Waals surface area contributed by atoms with Crippen molar-refractivity contribution in [2.24, 2.45) is 0 Å². The van der Waals surface area contributed by atoms with Crippen molar-refractivity contribution in [3.05, 3.63) is 63.9 Å². The van der Waals surface area contributed by atoms with E-state index < -0.39 is 5.82 Å². The maximum atomic E-state index is 13.1. The van der Waals surface area contributed by atoms with Gasteiger partial charge in [0.15, 0.2) is 5.82 Å². The van der Waals surface area contributed by atoms with E-state index in [0.717, 1.165) is 23.7 Å². The molecule has 3 heterocycles. The first-order chi connectivity index (χ1) is 13.0. The van der Waals surface area contributed by atoms with Crippen LogP contribution in [0.5, 0.6) is 0 Å². The van der Waals surface area contributed by atoms with Gasteiger partial charge in [-0.3, -0.25) is 4.79 Å². The Morgan fingerprint density at radius 1 is 1.30 bits per heavy atom. The first kappa shape index (κ1) is 17.5. The van der Waals surface area contributed by atoms with E-state index in [1.165, 1.54) is 4.68 Å². The van der Waals surface area contributed by atoms with Gasteiger partial charge in [0.1, 0.15) is 5.69 Å². The number of amides is 1. The van der Waals surface area contributed by atoms with Crippen molar-refractivity contribution < 1.29 is 9.18 Å². The molecule has 9 heteroatoms. The highest BCUT2D eigenvalue weighted by Gasteiger charge is 2.32. The topological polar surface area (TPSA) is 76.8 Å². The van der Waals surface area contributed by atoms with Crippen LogP contribution in [-0.4, -0.2) is 41.8 Å². The predicted molar refractivity (Wildman–Crippen MR) is 96.1 cm³/mol. The molecule has 0 aliphatic carbocycles. The summed E-state index contributed by atoms with van der Waals surface area (Å²) in [7, 11) is 0. The highest BCUT2D eigenvalue weighted by atomic mass is 35.5. The molecule has 0 N–H and O–H groups in total. The first-order valence-corrected chi connectivity index (χ1v) is 8.81. The van der Waals surface area contributed by atoms with Crippen LogP contribution in [0.3, 0.4) is 0 Å². The highest BCUT2D eigenvalue weighted by Crippen LogP contribution is 2.27. The van der Waals surface area contributed by atoms with E-state index in [1.807, 2.05) is 26.0 Å². The molecule has 0 radical (unpaired) electrons. The van der Waals surface area contributed by atoms with Gasteiger partial charge in [-0.2, -0.15) is 4.68 Å². The van der Waals surface area contributed by atoms with Crippen LogP contribution in [0.25, 0.3) is 5.95 Å². The number of hydrogen-bond acceptors (Lipinski definition) is 5.